The molecule has 4 aromatic rings. The second kappa shape index (κ2) is 58.7. The summed E-state index contributed by atoms with van der Waals surface area (Å²) in [5.74, 6) is -2.04. The van der Waals surface area contributed by atoms with Gasteiger partial charge < -0.3 is 62.8 Å². The third-order valence-corrected chi connectivity index (χ3v) is 20.8. The van der Waals surface area contributed by atoms with Gasteiger partial charge in [-0.2, -0.15) is 11.0 Å². The molecule has 0 spiro atoms. The SMILES string of the molecule is C.C=C1N2C[C@@H](CC[C@@H]2CN=[N+]=[N-])N1OCc1ccccc1.CN.COC(=O)[C@H]1CC/C(=N\OCc2ccccc2)CN1C(=O)OC(C)(C)C.COC(=O)[C@H]1CCC(=O)CN1C(=O)OC(C)(C)C.COC(=O)[C@H]1CCC(=O)N1C(=O)OC(C)(C)C.COC(=O)[C@H]1CC[C@@H](NOCc2ccccc2)CN1C(=O)OC(C)(C)C.COC(=O)[C@H]1CC[C@H](NOCc2ccccc2)CN1C(=O)OC(C)(C)C.Cl. The number of esters is 5. The Morgan fingerprint density at radius 3 is 1.15 bits per heavy atom. The van der Waals surface area contributed by atoms with Crippen molar-refractivity contribution in [1.29, 1.82) is 0 Å². The lowest BCUT2D eigenvalue weighted by atomic mass is 9.99. The zero-order chi connectivity index (χ0) is 101. The van der Waals surface area contributed by atoms with Gasteiger partial charge in [-0.25, -0.2) is 57.9 Å². The van der Waals surface area contributed by atoms with E-state index < -0.39 is 124 Å². The van der Waals surface area contributed by atoms with Gasteiger partial charge in [0.15, 0.2) is 5.78 Å². The first-order valence-electron chi connectivity index (χ1n) is 45.2. The number of methoxy groups -OCH3 is 5. The normalized spacial score (nSPS) is 20.2. The zero-order valence-corrected chi connectivity index (χ0v) is 83.8. The Kier molecular flexibility index (Phi) is 51.2. The summed E-state index contributed by atoms with van der Waals surface area (Å²) >= 11 is 0. The van der Waals surface area contributed by atoms with E-state index in [1.54, 1.807) is 104 Å². The molecule has 6 amide bonds. The maximum absolute atomic E-state index is 12.5. The molecule has 4 N–H and O–H groups in total. The lowest BCUT2D eigenvalue weighted by Gasteiger charge is -2.38. The second-order valence-corrected chi connectivity index (χ2v) is 37.3. The summed E-state index contributed by atoms with van der Waals surface area (Å²) < 4.78 is 50.2. The number of ketones is 1. The number of benzene rings is 4. The minimum absolute atomic E-state index is 0. The topological polar surface area (TPSA) is 468 Å². The molecular formula is C97H147ClN14O26. The number of nitrogens with zero attached hydrogens (tertiary/aromatic N) is 11. The molecule has 9 atom stereocenters. The first-order chi connectivity index (χ1) is 64.2. The highest BCUT2D eigenvalue weighted by Crippen LogP contribution is 2.36. The van der Waals surface area contributed by atoms with Crippen molar-refractivity contribution in [2.75, 3.05) is 81.9 Å². The molecule has 7 aliphatic heterocycles. The van der Waals surface area contributed by atoms with E-state index in [1.165, 1.54) is 57.3 Å². The van der Waals surface area contributed by atoms with Gasteiger partial charge in [0.1, 0.15) is 70.6 Å². The number of amides is 6. The third kappa shape index (κ3) is 41.8. The largest absolute Gasteiger partial charge is 0.467 e. The Labute approximate surface area is 817 Å². The number of fused-ring (bicyclic) bond motifs is 2. The Balaban J connectivity index is 0.000000426. The number of halogens is 1. The third-order valence-electron chi connectivity index (χ3n) is 20.8. The maximum Gasteiger partial charge on any atom is 0.417 e. The molecule has 11 rings (SSSR count). The van der Waals surface area contributed by atoms with Gasteiger partial charge in [0, 0.05) is 50.0 Å². The van der Waals surface area contributed by atoms with Crippen LogP contribution in [0.4, 0.5) is 24.0 Å². The van der Waals surface area contributed by atoms with Gasteiger partial charge in [0.25, 0.3) is 0 Å². The van der Waals surface area contributed by atoms with E-state index in [9.17, 15) is 57.5 Å². The molecule has 7 fully saturated rings. The number of carbonyl (C=O) groups is 12. The highest BCUT2D eigenvalue weighted by Gasteiger charge is 2.47. The van der Waals surface area contributed by atoms with Crippen LogP contribution in [0.3, 0.4) is 0 Å². The molecule has 768 valence electrons. The van der Waals surface area contributed by atoms with Crippen molar-refractivity contribution < 1.29 is 124 Å². The molecule has 7 saturated heterocycles. The van der Waals surface area contributed by atoms with Crippen LogP contribution < -0.4 is 16.7 Å². The molecular weight excluding hydrogens is 1810 g/mol. The van der Waals surface area contributed by atoms with Gasteiger partial charge in [-0.3, -0.25) is 43.7 Å². The number of hydrogen-bond acceptors (Lipinski definition) is 33. The number of imide groups is 1. The van der Waals surface area contributed by atoms with Gasteiger partial charge in [-0.15, -0.1) is 12.4 Å². The fourth-order valence-electron chi connectivity index (χ4n) is 14.5. The first-order valence-corrected chi connectivity index (χ1v) is 45.2. The summed E-state index contributed by atoms with van der Waals surface area (Å²) in [6.45, 7) is 34.3. The average molecular weight is 1960 g/mol. The van der Waals surface area contributed by atoms with E-state index in [4.69, 9.17) is 62.8 Å². The molecule has 4 aromatic carbocycles. The standard InChI is InChI=1S/2C19H28N2O5.C19H26N2O5.C15H19N5O.C12H19NO5.C11H17NO5.CH5N.CH4.ClH/c3*1-19(2,3)26-18(23)21-12-15(10-11-16(21)17(22)24-4)20-25-13-14-8-6-5-7-9-14;1-12-19-10-15(8-7-14(19)9-17-18-16)20(12)21-11-13-5-3-2-4-6-13;1-12(2,3)18-11(16)13-7-8(14)5-6-9(13)10(15)17-4;1-11(2,3)17-10(15)12-7(9(14)16-4)5-6-8(12)13;1-2;;/h2*5-9,15-16,20H,10-13H2,1-4H3;5-9,16H,10-13H2,1-4H3;2-6,14-15H,1,7-11H2;9H,5-7H2,1-4H3;7H,5-6H2,1-4H3;2H2,1H3;1H4;1H/b;;20-15+;;;;;;/t15-,16+;15-,16-;16-;14-,15-;9-;7-;;;/m011111.../s1. The van der Waals surface area contributed by atoms with Gasteiger partial charge in [0.05, 0.1) is 92.3 Å². The molecule has 0 radical (unpaired) electrons. The van der Waals surface area contributed by atoms with Crippen LogP contribution in [0, 0.1) is 0 Å². The number of piperidine rings is 5. The molecule has 0 aromatic heterocycles. The highest BCUT2D eigenvalue weighted by molar-refractivity contribution is 5.99. The molecule has 7 aliphatic rings. The van der Waals surface area contributed by atoms with E-state index in [0.29, 0.717) is 96.3 Å². The monoisotopic (exact) mass is 1960 g/mol. The van der Waals surface area contributed by atoms with Crippen LogP contribution in [0.5, 0.6) is 0 Å². The number of nitrogens with one attached hydrogen (secondary N) is 2. The predicted molar refractivity (Wildman–Crippen MR) is 514 cm³/mol. The molecule has 138 heavy (non-hydrogen) atoms. The summed E-state index contributed by atoms with van der Waals surface area (Å²) in [6, 6.07) is 36.3. The van der Waals surface area contributed by atoms with Crippen LogP contribution in [-0.4, -0.2) is 276 Å². The number of likely N-dealkylation sites (tertiary alicyclic amines) is 5. The molecule has 2 bridgehead atoms. The Hall–Kier alpha value is -11.9. The summed E-state index contributed by atoms with van der Waals surface area (Å²) in [7, 11) is 7.93. The number of hydrogen-bond donors (Lipinski definition) is 3. The summed E-state index contributed by atoms with van der Waals surface area (Å²) in [6.07, 6.45) is 3.28. The molecule has 41 heteroatoms. The predicted octanol–water partition coefficient (Wildman–Crippen LogP) is 14.3. The number of Topliss-reactive ketones (excluding diaryl/α,β-unsaturated/α-hetero) is 1. The lowest BCUT2D eigenvalue weighted by Crippen LogP contribution is -2.56. The van der Waals surface area contributed by atoms with Crippen LogP contribution >= 0.6 is 12.4 Å². The summed E-state index contributed by atoms with van der Waals surface area (Å²) in [5.41, 5.74) is 20.6. The van der Waals surface area contributed by atoms with Crippen LogP contribution in [0.25, 0.3) is 10.4 Å². The van der Waals surface area contributed by atoms with E-state index in [-0.39, 0.29) is 82.5 Å². The van der Waals surface area contributed by atoms with Gasteiger partial charge in [0.2, 0.25) is 5.91 Å². The van der Waals surface area contributed by atoms with Crippen molar-refractivity contribution in [3.05, 3.63) is 166 Å². The molecule has 0 unspecified atom stereocenters. The quantitative estimate of drug-likeness (QED) is 0.0174. The highest BCUT2D eigenvalue weighted by atomic mass is 35.5. The fraction of sp³-hybridized carbons (Fsp3) is 0.598. The number of carbonyl (C=O) groups excluding carboxylic acids is 12. The number of nitrogens with two attached hydrogens (primary N) is 1. The first kappa shape index (κ1) is 120. The Morgan fingerprint density at radius 2 is 0.768 bits per heavy atom. The zero-order valence-electron chi connectivity index (χ0n) is 83.0. The number of ether oxygens (including phenoxy) is 10. The van der Waals surface area contributed by atoms with Gasteiger partial charge in [-0.05, 0) is 203 Å². The van der Waals surface area contributed by atoms with E-state index >= 15 is 0 Å². The van der Waals surface area contributed by atoms with E-state index in [0.717, 1.165) is 57.3 Å². The van der Waals surface area contributed by atoms with Gasteiger partial charge >= 0.3 is 60.3 Å². The number of rotatable bonds is 21. The van der Waals surface area contributed by atoms with Crippen LogP contribution in [-0.2, 0) is 127 Å². The minimum Gasteiger partial charge on any atom is -0.467 e. The summed E-state index contributed by atoms with van der Waals surface area (Å²) in [5, 5.41) is 9.78. The minimum atomic E-state index is -0.859. The molecule has 0 saturated carbocycles. The maximum atomic E-state index is 12.5. The van der Waals surface area contributed by atoms with E-state index in [1.807, 2.05) is 114 Å². The lowest BCUT2D eigenvalue weighted by molar-refractivity contribution is -0.156. The molecule has 7 heterocycles. The van der Waals surface area contributed by atoms with Crippen LogP contribution in [0.2, 0.25) is 0 Å². The van der Waals surface area contributed by atoms with Crippen LogP contribution in [0.15, 0.2) is 144 Å². The number of hydroxylamine groups is 4. The smallest absolute Gasteiger partial charge is 0.417 e. The van der Waals surface area contributed by atoms with Gasteiger partial charge in [-0.1, -0.05) is 146 Å². The fourth-order valence-corrected chi connectivity index (χ4v) is 14.5. The molecule has 40 nitrogen and oxygen atoms in total. The van der Waals surface area contributed by atoms with Crippen molar-refractivity contribution in [2.24, 2.45) is 16.0 Å². The summed E-state index contributed by atoms with van der Waals surface area (Å²) in [4.78, 5) is 177. The van der Waals surface area contributed by atoms with Crippen molar-refractivity contribution in [1.82, 2.24) is 45.4 Å². The Bertz CT molecular complexity index is 4480. The van der Waals surface area contributed by atoms with Crippen molar-refractivity contribution in [2.45, 2.75) is 297 Å². The van der Waals surface area contributed by atoms with Crippen molar-refractivity contribution in [3.8, 4) is 0 Å². The number of azide groups is 1. The van der Waals surface area contributed by atoms with Crippen molar-refractivity contribution >= 4 is 90.1 Å². The van der Waals surface area contributed by atoms with Crippen molar-refractivity contribution in [3.63, 3.8) is 0 Å². The number of oxime groups is 1. The Morgan fingerprint density at radius 1 is 0.428 bits per heavy atom. The second-order valence-electron chi connectivity index (χ2n) is 37.3. The average Bonchev–Trinajstić information content (AvgIpc) is 1.65. The van der Waals surface area contributed by atoms with E-state index in [2.05, 4.69) is 65.0 Å². The molecule has 0 aliphatic carbocycles. The van der Waals surface area contributed by atoms with Crippen LogP contribution in [0.1, 0.15) is 211 Å².